The van der Waals surface area contributed by atoms with Crippen LogP contribution in [0.4, 0.5) is 24.7 Å². The monoisotopic (exact) mass is 415 g/mol. The molecule has 1 aliphatic rings. The highest BCUT2D eigenvalue weighted by atomic mass is 35.5. The minimum absolute atomic E-state index is 0.124. The Morgan fingerprint density at radius 3 is 2.63 bits per heavy atom. The first-order valence-corrected chi connectivity index (χ1v) is 9.07. The van der Waals surface area contributed by atoms with Gasteiger partial charge in [0.1, 0.15) is 11.0 Å². The minimum atomic E-state index is -4.45. The highest BCUT2D eigenvalue weighted by Gasteiger charge is 2.32. The number of thiocarbonyl (C=S) groups is 1. The molecule has 2 aromatic rings. The summed E-state index contributed by atoms with van der Waals surface area (Å²) in [5.41, 5.74) is -0.00478. The molecule has 0 bridgehead atoms. The number of pyridine rings is 2. The molecule has 0 radical (unpaired) electrons. The molecule has 27 heavy (non-hydrogen) atoms. The zero-order chi connectivity index (χ0) is 19.4. The molecule has 0 aromatic carbocycles. The van der Waals surface area contributed by atoms with E-state index in [0.29, 0.717) is 31.0 Å². The second kappa shape index (κ2) is 8.26. The fourth-order valence-corrected chi connectivity index (χ4v) is 3.34. The summed E-state index contributed by atoms with van der Waals surface area (Å²) in [4.78, 5) is 9.85. The largest absolute Gasteiger partial charge is 0.416 e. The highest BCUT2D eigenvalue weighted by Crippen LogP contribution is 2.33. The molecule has 3 rings (SSSR count). The van der Waals surface area contributed by atoms with Crippen LogP contribution in [0.3, 0.4) is 0 Å². The number of hydrogen-bond donors (Lipinski definition) is 2. The van der Waals surface area contributed by atoms with Crippen LogP contribution in [-0.2, 0) is 6.18 Å². The molecular weight excluding hydrogens is 399 g/mol. The van der Waals surface area contributed by atoms with Crippen molar-refractivity contribution < 1.29 is 13.2 Å². The molecule has 0 aliphatic carbocycles. The van der Waals surface area contributed by atoms with Gasteiger partial charge in [-0.2, -0.15) is 13.2 Å². The quantitative estimate of drug-likeness (QED) is 0.581. The molecule has 0 amide bonds. The van der Waals surface area contributed by atoms with Crippen molar-refractivity contribution >= 4 is 40.4 Å². The van der Waals surface area contributed by atoms with Crippen LogP contribution in [0.25, 0.3) is 0 Å². The second-order valence-electron chi connectivity index (χ2n) is 6.14. The molecule has 3 heterocycles. The number of hydrogen-bond acceptors (Lipinski definition) is 4. The number of anilines is 2. The van der Waals surface area contributed by atoms with Gasteiger partial charge in [0.05, 0.1) is 17.4 Å². The Morgan fingerprint density at radius 2 is 2.00 bits per heavy atom. The summed E-state index contributed by atoms with van der Waals surface area (Å²) < 4.78 is 38.9. The Balaban J connectivity index is 1.56. The standard InChI is InChI=1S/C17H17ClF3N5S/c18-14-8-11(17(19,20)21)9-15(25-14)26-6-3-12(4-7-26)23-16(27)24-13-2-1-5-22-10-13/h1-2,5,8-10,12H,3-4,6-7H2,(H2,23,24,27). The van der Waals surface area contributed by atoms with Crippen LogP contribution >= 0.6 is 23.8 Å². The predicted octanol–water partition coefficient (Wildman–Crippen LogP) is 4.10. The van der Waals surface area contributed by atoms with Crippen molar-refractivity contribution in [2.75, 3.05) is 23.3 Å². The molecule has 0 unspecified atom stereocenters. The molecule has 10 heteroatoms. The topological polar surface area (TPSA) is 53.1 Å². The van der Waals surface area contributed by atoms with E-state index in [2.05, 4.69) is 20.6 Å². The molecule has 0 atom stereocenters. The van der Waals surface area contributed by atoms with Gasteiger partial charge in [0.15, 0.2) is 5.11 Å². The van der Waals surface area contributed by atoms with Crippen molar-refractivity contribution in [2.24, 2.45) is 0 Å². The van der Waals surface area contributed by atoms with Gasteiger partial charge >= 0.3 is 6.18 Å². The van der Waals surface area contributed by atoms with Gasteiger partial charge < -0.3 is 15.5 Å². The van der Waals surface area contributed by atoms with E-state index in [4.69, 9.17) is 23.8 Å². The molecule has 5 nitrogen and oxygen atoms in total. The molecule has 0 spiro atoms. The van der Waals surface area contributed by atoms with E-state index in [1.54, 1.807) is 23.4 Å². The molecule has 2 N–H and O–H groups in total. The van der Waals surface area contributed by atoms with Gasteiger partial charge in [-0.1, -0.05) is 11.6 Å². The zero-order valence-corrected chi connectivity index (χ0v) is 15.7. The first-order valence-electron chi connectivity index (χ1n) is 8.28. The van der Waals surface area contributed by atoms with Crippen molar-refractivity contribution in [2.45, 2.75) is 25.1 Å². The SMILES string of the molecule is FC(F)(F)c1cc(Cl)nc(N2CCC(NC(=S)Nc3cccnc3)CC2)c1. The van der Waals surface area contributed by atoms with E-state index in [-0.39, 0.29) is 17.0 Å². The molecule has 1 aliphatic heterocycles. The van der Waals surface area contributed by atoms with E-state index >= 15 is 0 Å². The molecule has 1 saturated heterocycles. The van der Waals surface area contributed by atoms with Crippen LogP contribution in [0.15, 0.2) is 36.7 Å². The number of alkyl halides is 3. The minimum Gasteiger partial charge on any atom is -0.360 e. The Morgan fingerprint density at radius 1 is 1.26 bits per heavy atom. The normalized spacial score (nSPS) is 15.5. The summed E-state index contributed by atoms with van der Waals surface area (Å²) in [5, 5.41) is 6.60. The van der Waals surface area contributed by atoms with Gasteiger partial charge in [-0.3, -0.25) is 4.98 Å². The molecule has 2 aromatic heterocycles. The van der Waals surface area contributed by atoms with Crippen LogP contribution < -0.4 is 15.5 Å². The van der Waals surface area contributed by atoms with Crippen LogP contribution in [0.5, 0.6) is 0 Å². The lowest BCUT2D eigenvalue weighted by molar-refractivity contribution is -0.137. The lowest BCUT2D eigenvalue weighted by Crippen LogP contribution is -2.46. The maximum atomic E-state index is 13.0. The number of nitrogens with zero attached hydrogens (tertiary/aromatic N) is 3. The van der Waals surface area contributed by atoms with Gasteiger partial charge in [0.25, 0.3) is 0 Å². The molecule has 1 fully saturated rings. The third-order valence-corrected chi connectivity index (χ3v) is 4.60. The summed E-state index contributed by atoms with van der Waals surface area (Å²) in [6.07, 6.45) is 0.311. The van der Waals surface area contributed by atoms with Crippen molar-refractivity contribution in [1.82, 2.24) is 15.3 Å². The third kappa shape index (κ3) is 5.43. The maximum absolute atomic E-state index is 13.0. The predicted molar refractivity (Wildman–Crippen MR) is 103 cm³/mol. The smallest absolute Gasteiger partial charge is 0.360 e. The van der Waals surface area contributed by atoms with Gasteiger partial charge in [-0.15, -0.1) is 0 Å². The van der Waals surface area contributed by atoms with Crippen LogP contribution in [-0.4, -0.2) is 34.2 Å². The van der Waals surface area contributed by atoms with E-state index in [9.17, 15) is 13.2 Å². The Labute approximate surface area is 164 Å². The fraction of sp³-hybridized carbons (Fsp3) is 0.353. The van der Waals surface area contributed by atoms with E-state index in [0.717, 1.165) is 17.8 Å². The Bertz CT molecular complexity index is 795. The van der Waals surface area contributed by atoms with Gasteiger partial charge in [-0.25, -0.2) is 4.98 Å². The average molecular weight is 416 g/mol. The lowest BCUT2D eigenvalue weighted by atomic mass is 10.1. The summed E-state index contributed by atoms with van der Waals surface area (Å²) in [6.45, 7) is 1.11. The van der Waals surface area contributed by atoms with Gasteiger partial charge in [0.2, 0.25) is 0 Å². The van der Waals surface area contributed by atoms with E-state index < -0.39 is 11.7 Å². The van der Waals surface area contributed by atoms with E-state index in [1.807, 2.05) is 6.07 Å². The number of nitrogens with one attached hydrogen (secondary N) is 2. The first-order chi connectivity index (χ1) is 12.8. The number of aromatic nitrogens is 2. The maximum Gasteiger partial charge on any atom is 0.416 e. The lowest BCUT2D eigenvalue weighted by Gasteiger charge is -2.34. The number of halogens is 4. The van der Waals surface area contributed by atoms with Crippen LogP contribution in [0, 0.1) is 0 Å². The fourth-order valence-electron chi connectivity index (χ4n) is 2.85. The Kier molecular flexibility index (Phi) is 6.01. The summed E-state index contributed by atoms with van der Waals surface area (Å²) in [7, 11) is 0. The molecule has 0 saturated carbocycles. The third-order valence-electron chi connectivity index (χ3n) is 4.18. The van der Waals surface area contributed by atoms with Gasteiger partial charge in [0, 0.05) is 25.3 Å². The van der Waals surface area contributed by atoms with Crippen LogP contribution in [0.2, 0.25) is 5.15 Å². The number of rotatable bonds is 3. The molecule has 144 valence electrons. The summed E-state index contributed by atoms with van der Waals surface area (Å²) in [5.74, 6) is 0.240. The van der Waals surface area contributed by atoms with Crippen LogP contribution in [0.1, 0.15) is 18.4 Å². The Hall–Kier alpha value is -2.13. The average Bonchev–Trinajstić information content (AvgIpc) is 2.62. The van der Waals surface area contributed by atoms with Gasteiger partial charge in [-0.05, 0) is 49.3 Å². The van der Waals surface area contributed by atoms with Crippen molar-refractivity contribution in [3.05, 3.63) is 47.4 Å². The van der Waals surface area contributed by atoms with Crippen molar-refractivity contribution in [3.8, 4) is 0 Å². The first kappa shape index (κ1) is 19.6. The van der Waals surface area contributed by atoms with Crippen molar-refractivity contribution in [3.63, 3.8) is 0 Å². The summed E-state index contributed by atoms with van der Waals surface area (Å²) >= 11 is 11.1. The summed E-state index contributed by atoms with van der Waals surface area (Å²) in [6, 6.07) is 5.65. The zero-order valence-electron chi connectivity index (χ0n) is 14.1. The second-order valence-corrected chi connectivity index (χ2v) is 6.93. The highest BCUT2D eigenvalue weighted by molar-refractivity contribution is 7.80. The molecular formula is C17H17ClF3N5S. The van der Waals surface area contributed by atoms with E-state index in [1.165, 1.54) is 0 Å². The van der Waals surface area contributed by atoms with Crippen molar-refractivity contribution in [1.29, 1.82) is 0 Å². The number of piperidine rings is 1.